The van der Waals surface area contributed by atoms with Crippen molar-refractivity contribution in [1.29, 1.82) is 0 Å². The Balaban J connectivity index is 2.37. The van der Waals surface area contributed by atoms with E-state index in [1.165, 1.54) is 19.5 Å². The van der Waals surface area contributed by atoms with E-state index >= 15 is 0 Å². The van der Waals surface area contributed by atoms with Crippen molar-refractivity contribution in [2.24, 2.45) is 5.92 Å². The molecule has 1 aliphatic heterocycles. The highest BCUT2D eigenvalue weighted by Gasteiger charge is 2.17. The van der Waals surface area contributed by atoms with Crippen molar-refractivity contribution >= 4 is 0 Å². The normalized spacial score (nSPS) is 24.0. The van der Waals surface area contributed by atoms with Gasteiger partial charge >= 0.3 is 0 Å². The molecule has 0 N–H and O–H groups in total. The Bertz CT molecular complexity index is 115. The maximum Gasteiger partial charge on any atom is 0.0261 e. The molecule has 1 heterocycles. The number of nitrogens with zero attached hydrogens (tertiary/aromatic N) is 2. The van der Waals surface area contributed by atoms with Crippen molar-refractivity contribution in [3.8, 4) is 0 Å². The van der Waals surface area contributed by atoms with Crippen molar-refractivity contribution in [1.82, 2.24) is 10.2 Å². The lowest BCUT2D eigenvalue weighted by Crippen LogP contribution is -2.38. The van der Waals surface area contributed by atoms with E-state index in [1.54, 1.807) is 0 Å². The van der Waals surface area contributed by atoms with Gasteiger partial charge in [0.25, 0.3) is 0 Å². The second kappa shape index (κ2) is 4.83. The molecule has 71 valence electrons. The fourth-order valence-electron chi connectivity index (χ4n) is 1.64. The summed E-state index contributed by atoms with van der Waals surface area (Å²) in [4.78, 5) is 2.57. The summed E-state index contributed by atoms with van der Waals surface area (Å²) in [6, 6.07) is 0.721. The van der Waals surface area contributed by atoms with Gasteiger partial charge in [-0.25, -0.2) is 5.32 Å². The molecule has 0 spiro atoms. The Kier molecular flexibility index (Phi) is 4.02. The largest absolute Gasteiger partial charge is 0.299 e. The highest BCUT2D eigenvalue weighted by molar-refractivity contribution is 4.73. The van der Waals surface area contributed by atoms with Crippen LogP contribution in [0, 0.1) is 5.92 Å². The van der Waals surface area contributed by atoms with Crippen LogP contribution in [0.3, 0.4) is 0 Å². The number of hydrogen-bond acceptors (Lipinski definition) is 1. The first-order valence-corrected chi connectivity index (χ1v) is 5.09. The molecule has 1 atom stereocenters. The first-order chi connectivity index (χ1) is 5.72. The van der Waals surface area contributed by atoms with Gasteiger partial charge in [0.1, 0.15) is 0 Å². The summed E-state index contributed by atoms with van der Waals surface area (Å²) in [7, 11) is 0. The van der Waals surface area contributed by atoms with Crippen molar-refractivity contribution in [3.63, 3.8) is 0 Å². The van der Waals surface area contributed by atoms with Crippen molar-refractivity contribution in [2.45, 2.75) is 33.2 Å². The highest BCUT2D eigenvalue weighted by Crippen LogP contribution is 2.11. The zero-order valence-electron chi connectivity index (χ0n) is 8.58. The molecule has 0 amide bonds. The van der Waals surface area contributed by atoms with E-state index in [4.69, 9.17) is 0 Å². The van der Waals surface area contributed by atoms with Crippen LogP contribution < -0.4 is 5.32 Å². The topological polar surface area (TPSA) is 17.3 Å². The van der Waals surface area contributed by atoms with E-state index in [2.05, 4.69) is 31.0 Å². The van der Waals surface area contributed by atoms with Gasteiger partial charge in [-0.1, -0.05) is 13.8 Å². The zero-order valence-corrected chi connectivity index (χ0v) is 8.58. The Morgan fingerprint density at radius 1 is 1.08 bits per heavy atom. The quantitative estimate of drug-likeness (QED) is 0.610. The Morgan fingerprint density at radius 2 is 1.83 bits per heavy atom. The van der Waals surface area contributed by atoms with E-state index in [0.29, 0.717) is 0 Å². The summed E-state index contributed by atoms with van der Waals surface area (Å²) in [5.74, 6) is 0.767. The number of rotatable bonds is 2. The van der Waals surface area contributed by atoms with Crippen LogP contribution in [-0.2, 0) is 0 Å². The predicted octanol–water partition coefficient (Wildman–Crippen LogP) is 1.34. The van der Waals surface area contributed by atoms with Gasteiger partial charge in [0.15, 0.2) is 0 Å². The molecule has 0 saturated carbocycles. The van der Waals surface area contributed by atoms with E-state index in [-0.39, 0.29) is 0 Å². The fourth-order valence-corrected chi connectivity index (χ4v) is 1.64. The Morgan fingerprint density at radius 3 is 2.50 bits per heavy atom. The first-order valence-electron chi connectivity index (χ1n) is 5.09. The van der Waals surface area contributed by atoms with Crippen LogP contribution in [-0.4, -0.2) is 37.1 Å². The van der Waals surface area contributed by atoms with Gasteiger partial charge < -0.3 is 0 Å². The first kappa shape index (κ1) is 10.0. The summed E-state index contributed by atoms with van der Waals surface area (Å²) < 4.78 is 0. The van der Waals surface area contributed by atoms with Crippen LogP contribution in [0.15, 0.2) is 0 Å². The second-order valence-electron chi connectivity index (χ2n) is 4.04. The van der Waals surface area contributed by atoms with Gasteiger partial charge in [0.2, 0.25) is 0 Å². The van der Waals surface area contributed by atoms with Crippen molar-refractivity contribution in [2.75, 3.05) is 26.2 Å². The van der Waals surface area contributed by atoms with Crippen molar-refractivity contribution < 1.29 is 0 Å². The second-order valence-corrected chi connectivity index (χ2v) is 4.04. The SMILES string of the molecule is CC(C)C(C)N1CCC[N]CC1. The molecule has 0 aliphatic carbocycles. The Hall–Kier alpha value is -0.0800. The summed E-state index contributed by atoms with van der Waals surface area (Å²) in [6.45, 7) is 11.4. The molecule has 12 heavy (non-hydrogen) atoms. The number of hydrogen-bond donors (Lipinski definition) is 0. The third-order valence-electron chi connectivity index (χ3n) is 2.85. The van der Waals surface area contributed by atoms with Gasteiger partial charge in [-0.2, -0.15) is 0 Å². The van der Waals surface area contributed by atoms with Crippen LogP contribution in [0.25, 0.3) is 0 Å². The highest BCUT2D eigenvalue weighted by atomic mass is 15.2. The minimum Gasteiger partial charge on any atom is -0.299 e. The summed E-state index contributed by atoms with van der Waals surface area (Å²) in [5, 5.41) is 4.42. The molecule has 1 rings (SSSR count). The predicted molar refractivity (Wildman–Crippen MR) is 52.4 cm³/mol. The molecule has 0 bridgehead atoms. The van der Waals surface area contributed by atoms with E-state index in [9.17, 15) is 0 Å². The standard InChI is InChI=1S/C10H21N2/c1-9(2)10(3)12-7-4-5-11-6-8-12/h9-10H,4-8H2,1-3H3. The van der Waals surface area contributed by atoms with Crippen LogP contribution in [0.5, 0.6) is 0 Å². The van der Waals surface area contributed by atoms with Crippen LogP contribution in [0.4, 0.5) is 0 Å². The molecule has 1 radical (unpaired) electrons. The lowest BCUT2D eigenvalue weighted by atomic mass is 10.0. The molecular weight excluding hydrogens is 148 g/mol. The minimum atomic E-state index is 0.721. The minimum absolute atomic E-state index is 0.721. The molecule has 0 aromatic carbocycles. The average Bonchev–Trinajstić information content (AvgIpc) is 2.30. The lowest BCUT2D eigenvalue weighted by molar-refractivity contribution is 0.179. The zero-order chi connectivity index (χ0) is 8.97. The summed E-state index contributed by atoms with van der Waals surface area (Å²) in [6.07, 6.45) is 1.25. The van der Waals surface area contributed by atoms with Crippen molar-refractivity contribution in [3.05, 3.63) is 0 Å². The van der Waals surface area contributed by atoms with Crippen LogP contribution in [0.1, 0.15) is 27.2 Å². The molecule has 2 nitrogen and oxygen atoms in total. The maximum atomic E-state index is 4.42. The molecule has 2 heteroatoms. The Labute approximate surface area is 76.3 Å². The van der Waals surface area contributed by atoms with Gasteiger partial charge in [-0.05, 0) is 25.8 Å². The van der Waals surface area contributed by atoms with E-state index in [1.807, 2.05) is 0 Å². The molecular formula is C10H21N2. The summed E-state index contributed by atoms with van der Waals surface area (Å²) in [5.41, 5.74) is 0. The molecule has 1 fully saturated rings. The molecule has 1 unspecified atom stereocenters. The van der Waals surface area contributed by atoms with Gasteiger partial charge in [0.05, 0.1) is 0 Å². The smallest absolute Gasteiger partial charge is 0.0261 e. The van der Waals surface area contributed by atoms with Crippen LogP contribution in [0.2, 0.25) is 0 Å². The third-order valence-corrected chi connectivity index (χ3v) is 2.85. The van der Waals surface area contributed by atoms with Gasteiger partial charge in [-0.3, -0.25) is 4.90 Å². The van der Waals surface area contributed by atoms with Crippen LogP contribution >= 0.6 is 0 Å². The maximum absolute atomic E-state index is 4.42. The molecule has 0 aromatic heterocycles. The van der Waals surface area contributed by atoms with E-state index < -0.39 is 0 Å². The molecule has 1 saturated heterocycles. The molecule has 1 aliphatic rings. The van der Waals surface area contributed by atoms with Gasteiger partial charge in [-0.15, -0.1) is 0 Å². The summed E-state index contributed by atoms with van der Waals surface area (Å²) >= 11 is 0. The lowest BCUT2D eigenvalue weighted by Gasteiger charge is -2.30. The monoisotopic (exact) mass is 169 g/mol. The van der Waals surface area contributed by atoms with Gasteiger partial charge in [0, 0.05) is 25.7 Å². The van der Waals surface area contributed by atoms with E-state index in [0.717, 1.165) is 25.0 Å². The molecule has 0 aromatic rings. The average molecular weight is 169 g/mol. The third kappa shape index (κ3) is 2.76. The fraction of sp³-hybridized carbons (Fsp3) is 1.00.